The molecule has 0 saturated heterocycles. The highest BCUT2D eigenvalue weighted by Crippen LogP contribution is 2.12. The van der Waals surface area contributed by atoms with Gasteiger partial charge in [0, 0.05) is 19.3 Å². The first-order chi connectivity index (χ1) is 24.6. The molecule has 0 amide bonds. The van der Waals surface area contributed by atoms with Crippen LogP contribution in [-0.2, 0) is 28.6 Å². The number of carbonyl (C=O) groups is 3. The van der Waals surface area contributed by atoms with Gasteiger partial charge in [-0.25, -0.2) is 4.79 Å². The number of hydrogen-bond acceptors (Lipinski definition) is 6. The van der Waals surface area contributed by atoms with Gasteiger partial charge in [0.2, 0.25) is 0 Å². The van der Waals surface area contributed by atoms with Crippen LogP contribution in [0.2, 0.25) is 0 Å². The lowest BCUT2D eigenvalue weighted by atomic mass is 10.1. The second kappa shape index (κ2) is 34.1. The predicted molar refractivity (Wildman–Crippen MR) is 211 cm³/mol. The molecular weight excluding hydrogens is 642 g/mol. The highest BCUT2D eigenvalue weighted by atomic mass is 16.6. The number of carboxylic acid groups (broad SMARTS) is 1. The van der Waals surface area contributed by atoms with Gasteiger partial charge < -0.3 is 23.8 Å². The number of hydrogen-bond donors (Lipinski definition) is 1. The van der Waals surface area contributed by atoms with E-state index in [2.05, 4.69) is 74.6 Å². The van der Waals surface area contributed by atoms with Crippen LogP contribution in [-0.4, -0.2) is 80.6 Å². The van der Waals surface area contributed by atoms with E-state index in [9.17, 15) is 19.5 Å². The minimum atomic E-state index is -0.885. The lowest BCUT2D eigenvalue weighted by Crippen LogP contribution is -2.50. The summed E-state index contributed by atoms with van der Waals surface area (Å²) in [6.07, 6.45) is 39.8. The van der Waals surface area contributed by atoms with Crippen molar-refractivity contribution in [2.75, 3.05) is 41.0 Å². The number of rotatable bonds is 34. The lowest BCUT2D eigenvalue weighted by molar-refractivity contribution is -0.887. The van der Waals surface area contributed by atoms with Crippen LogP contribution in [0.25, 0.3) is 0 Å². The first-order valence-electron chi connectivity index (χ1n) is 19.8. The maximum absolute atomic E-state index is 12.6. The zero-order valence-electron chi connectivity index (χ0n) is 33.0. The summed E-state index contributed by atoms with van der Waals surface area (Å²) in [6, 6.07) is -0.623. The Hall–Kier alpha value is -2.97. The van der Waals surface area contributed by atoms with Gasteiger partial charge in [-0.3, -0.25) is 9.59 Å². The van der Waals surface area contributed by atoms with Gasteiger partial charge in [0.1, 0.15) is 6.61 Å². The van der Waals surface area contributed by atoms with E-state index in [4.69, 9.17) is 14.2 Å². The Morgan fingerprint density at radius 3 is 1.65 bits per heavy atom. The highest BCUT2D eigenvalue weighted by Gasteiger charge is 2.31. The third-order valence-corrected chi connectivity index (χ3v) is 8.40. The Morgan fingerprint density at radius 1 is 0.608 bits per heavy atom. The number of aliphatic carboxylic acids is 1. The molecule has 0 aliphatic heterocycles. The van der Waals surface area contributed by atoms with Crippen molar-refractivity contribution in [1.82, 2.24) is 0 Å². The van der Waals surface area contributed by atoms with Crippen molar-refractivity contribution in [2.24, 2.45) is 0 Å². The number of likely N-dealkylation sites (N-methyl/N-ethyl adjacent to an activating group) is 1. The molecule has 51 heavy (non-hydrogen) atoms. The van der Waals surface area contributed by atoms with Crippen LogP contribution in [0.5, 0.6) is 0 Å². The van der Waals surface area contributed by atoms with E-state index in [0.717, 1.165) is 89.9 Å². The summed E-state index contributed by atoms with van der Waals surface area (Å²) in [4.78, 5) is 36.8. The minimum absolute atomic E-state index is 0.0419. The number of carbonyl (C=O) groups excluding carboxylic acids is 2. The Kier molecular flexibility index (Phi) is 32.1. The van der Waals surface area contributed by atoms with Crippen LogP contribution >= 0.6 is 0 Å². The van der Waals surface area contributed by atoms with Gasteiger partial charge in [0.05, 0.1) is 34.4 Å². The zero-order chi connectivity index (χ0) is 37.8. The third kappa shape index (κ3) is 32.7. The van der Waals surface area contributed by atoms with Crippen LogP contribution < -0.4 is 0 Å². The van der Waals surface area contributed by atoms with Gasteiger partial charge in [-0.05, 0) is 70.6 Å². The number of quaternary nitrogens is 1. The van der Waals surface area contributed by atoms with Gasteiger partial charge in [-0.1, -0.05) is 113 Å². The van der Waals surface area contributed by atoms with Crippen LogP contribution in [0.4, 0.5) is 0 Å². The second-order valence-corrected chi connectivity index (χ2v) is 14.1. The molecule has 8 heteroatoms. The summed E-state index contributed by atoms with van der Waals surface area (Å²) < 4.78 is 17.2. The molecule has 0 aliphatic rings. The average Bonchev–Trinajstić information content (AvgIpc) is 3.08. The van der Waals surface area contributed by atoms with Crippen molar-refractivity contribution in [3.8, 4) is 0 Å². The molecule has 0 heterocycles. The summed E-state index contributed by atoms with van der Waals surface area (Å²) >= 11 is 0. The first-order valence-corrected chi connectivity index (χ1v) is 19.8. The largest absolute Gasteiger partial charge is 0.477 e. The SMILES string of the molecule is CC/C=C\C/C=C\C/C=C\CCCCCC(=O)OC(COCCC(C(=O)O)[N+](C)(C)C)COC(=O)CCCCCCC/C=C\C/C=C\CCCC. The Balaban J connectivity index is 4.49. The normalized spacial score (nSPS) is 13.7. The van der Waals surface area contributed by atoms with E-state index in [1.54, 1.807) is 0 Å². The van der Waals surface area contributed by atoms with E-state index in [0.29, 0.717) is 12.8 Å². The molecule has 292 valence electrons. The first kappa shape index (κ1) is 48.0. The molecule has 0 fully saturated rings. The Bertz CT molecular complexity index is 1020. The summed E-state index contributed by atoms with van der Waals surface area (Å²) in [7, 11) is 5.49. The van der Waals surface area contributed by atoms with Gasteiger partial charge in [0.25, 0.3) is 0 Å². The highest BCUT2D eigenvalue weighted by molar-refractivity contribution is 5.72. The monoisotopic (exact) mass is 717 g/mol. The molecular formula is C43H74NO7+. The summed E-state index contributed by atoms with van der Waals surface area (Å²) in [5, 5.41) is 9.59. The summed E-state index contributed by atoms with van der Waals surface area (Å²) in [5.41, 5.74) is 0. The second-order valence-electron chi connectivity index (χ2n) is 14.1. The number of nitrogens with zero attached hydrogens (tertiary/aromatic N) is 1. The number of carboxylic acids is 1. The smallest absolute Gasteiger partial charge is 0.362 e. The quantitative estimate of drug-likeness (QED) is 0.0306. The fourth-order valence-electron chi connectivity index (χ4n) is 5.30. The molecule has 0 aromatic heterocycles. The van der Waals surface area contributed by atoms with E-state index < -0.39 is 18.1 Å². The molecule has 2 unspecified atom stereocenters. The molecule has 0 aliphatic carbocycles. The standard InChI is InChI=1S/C43H73NO7/c1-6-8-10-12-14-16-18-20-22-23-25-27-29-31-33-41(45)50-38-39(37-49-36-35-40(43(47)48)44(3,4)5)51-42(46)34-32-30-28-26-24-21-19-17-15-13-11-9-7-2/h9,11-12,14-15,17-18,20-21,24,39-40H,6-8,10,13,16,19,22-23,25-38H2,1-5H3/p+1/b11-9-,14-12-,17-15-,20-18-,24-21-. The zero-order valence-corrected chi connectivity index (χ0v) is 33.0. The molecule has 0 bridgehead atoms. The molecule has 2 atom stereocenters. The lowest BCUT2D eigenvalue weighted by Gasteiger charge is -2.31. The van der Waals surface area contributed by atoms with Crippen LogP contribution in [0.3, 0.4) is 0 Å². The van der Waals surface area contributed by atoms with Crippen LogP contribution in [0.1, 0.15) is 142 Å². The number of esters is 2. The fraction of sp³-hybridized carbons (Fsp3) is 0.698. The maximum atomic E-state index is 12.6. The van der Waals surface area contributed by atoms with Crippen molar-refractivity contribution >= 4 is 17.9 Å². The predicted octanol–water partition coefficient (Wildman–Crippen LogP) is 10.2. The molecule has 0 spiro atoms. The van der Waals surface area contributed by atoms with E-state index in [1.807, 2.05) is 21.1 Å². The van der Waals surface area contributed by atoms with Gasteiger partial charge >= 0.3 is 17.9 Å². The summed E-state index contributed by atoms with van der Waals surface area (Å²) in [5.74, 6) is -1.53. The topological polar surface area (TPSA) is 99.1 Å². The molecule has 1 N–H and O–H groups in total. The van der Waals surface area contributed by atoms with Gasteiger partial charge in [-0.15, -0.1) is 0 Å². The van der Waals surface area contributed by atoms with E-state index >= 15 is 0 Å². The average molecular weight is 717 g/mol. The fourth-order valence-corrected chi connectivity index (χ4v) is 5.30. The van der Waals surface area contributed by atoms with E-state index in [-0.39, 0.29) is 42.7 Å². The maximum Gasteiger partial charge on any atom is 0.362 e. The van der Waals surface area contributed by atoms with Crippen molar-refractivity contribution in [2.45, 2.75) is 154 Å². The van der Waals surface area contributed by atoms with Crippen molar-refractivity contribution in [3.63, 3.8) is 0 Å². The van der Waals surface area contributed by atoms with Crippen molar-refractivity contribution in [1.29, 1.82) is 0 Å². The molecule has 8 nitrogen and oxygen atoms in total. The number of unbranched alkanes of at least 4 members (excludes halogenated alkanes) is 10. The Morgan fingerprint density at radius 2 is 1.10 bits per heavy atom. The van der Waals surface area contributed by atoms with Crippen LogP contribution in [0.15, 0.2) is 60.8 Å². The summed E-state index contributed by atoms with van der Waals surface area (Å²) in [6.45, 7) is 4.51. The molecule has 0 radical (unpaired) electrons. The minimum Gasteiger partial charge on any atom is -0.477 e. The molecule has 0 saturated carbocycles. The van der Waals surface area contributed by atoms with Crippen molar-refractivity contribution in [3.05, 3.63) is 60.8 Å². The van der Waals surface area contributed by atoms with Gasteiger partial charge in [-0.2, -0.15) is 0 Å². The molecule has 0 rings (SSSR count). The number of ether oxygens (including phenoxy) is 3. The number of allylic oxidation sites excluding steroid dienone is 10. The van der Waals surface area contributed by atoms with Crippen molar-refractivity contribution < 1.29 is 38.2 Å². The molecule has 0 aromatic rings. The van der Waals surface area contributed by atoms with Gasteiger partial charge in [0.15, 0.2) is 12.1 Å². The van der Waals surface area contributed by atoms with Crippen LogP contribution in [0, 0.1) is 0 Å². The molecule has 0 aromatic carbocycles. The Labute approximate surface area is 311 Å². The van der Waals surface area contributed by atoms with E-state index in [1.165, 1.54) is 19.3 Å². The third-order valence-electron chi connectivity index (χ3n) is 8.40.